The van der Waals surface area contributed by atoms with Crippen LogP contribution in [-0.2, 0) is 12.8 Å². The average molecular weight is 308 g/mol. The Morgan fingerprint density at radius 3 is 2.27 bits per heavy atom. The van der Waals surface area contributed by atoms with E-state index in [0.717, 1.165) is 48.8 Å². The molecular weight excluding hydrogens is 280 g/mol. The monoisotopic (exact) mass is 308 g/mol. The minimum atomic E-state index is -1.38. The first-order valence-electron chi connectivity index (χ1n) is 8.20. The minimum absolute atomic E-state index is 0.00755. The Morgan fingerprint density at radius 2 is 1.77 bits per heavy atom. The number of aromatic hydroxyl groups is 1. The number of benzene rings is 1. The third-order valence-corrected chi connectivity index (χ3v) is 3.86. The van der Waals surface area contributed by atoms with Crippen molar-refractivity contribution in [3.8, 4) is 11.5 Å². The molecule has 0 heterocycles. The molecule has 0 aliphatic rings. The molecule has 4 heteroatoms. The van der Waals surface area contributed by atoms with Crippen LogP contribution in [0.1, 0.15) is 76.0 Å². The smallest absolute Gasteiger partial charge is 0.504 e. The molecule has 0 saturated heterocycles. The van der Waals surface area contributed by atoms with Crippen molar-refractivity contribution in [3.63, 3.8) is 0 Å². The molecule has 0 fully saturated rings. The molecular formula is C18H28O4. The van der Waals surface area contributed by atoms with Gasteiger partial charge in [-0.2, -0.15) is 0 Å². The van der Waals surface area contributed by atoms with Crippen molar-refractivity contribution in [1.29, 1.82) is 0 Å². The molecule has 0 saturated carbocycles. The predicted octanol–water partition coefficient (Wildman–Crippen LogP) is 5.26. The maximum atomic E-state index is 11.0. The first kappa shape index (κ1) is 18.3. The number of phenolic OH excluding ortho intramolecular Hbond substituents is 1. The van der Waals surface area contributed by atoms with Gasteiger partial charge < -0.3 is 14.9 Å². The van der Waals surface area contributed by atoms with Gasteiger partial charge in [-0.3, -0.25) is 0 Å². The lowest BCUT2D eigenvalue weighted by Gasteiger charge is -2.20. The van der Waals surface area contributed by atoms with E-state index >= 15 is 0 Å². The lowest BCUT2D eigenvalue weighted by Crippen LogP contribution is -2.09. The van der Waals surface area contributed by atoms with Crippen LogP contribution in [0.5, 0.6) is 11.5 Å². The molecule has 0 radical (unpaired) electrons. The molecule has 0 unspecified atom stereocenters. The normalized spacial score (nSPS) is 11.0. The zero-order valence-corrected chi connectivity index (χ0v) is 14.1. The SMILES string of the molecule is CCCCc1cc(C(C)C)c(CCCC)c(O)c1OC(=O)O. The van der Waals surface area contributed by atoms with E-state index in [1.165, 1.54) is 0 Å². The Bertz CT molecular complexity index is 506. The van der Waals surface area contributed by atoms with Crippen LogP contribution in [-0.4, -0.2) is 16.4 Å². The van der Waals surface area contributed by atoms with E-state index in [1.807, 2.05) is 6.07 Å². The number of hydrogen-bond acceptors (Lipinski definition) is 3. The standard InChI is InChI=1S/C18H28O4/c1-5-7-9-13-11-15(12(3)4)14(10-8-6-2)16(19)17(13)22-18(20)21/h11-12,19H,5-10H2,1-4H3,(H,20,21). The second kappa shape index (κ2) is 8.66. The van der Waals surface area contributed by atoms with E-state index in [-0.39, 0.29) is 17.4 Å². The zero-order valence-electron chi connectivity index (χ0n) is 14.1. The van der Waals surface area contributed by atoms with Gasteiger partial charge in [-0.15, -0.1) is 0 Å². The number of carboxylic acid groups (broad SMARTS) is 1. The number of aryl methyl sites for hydroxylation is 1. The van der Waals surface area contributed by atoms with Crippen LogP contribution in [0.2, 0.25) is 0 Å². The summed E-state index contributed by atoms with van der Waals surface area (Å²) in [6, 6.07) is 2.02. The summed E-state index contributed by atoms with van der Waals surface area (Å²) < 4.78 is 4.90. The van der Waals surface area contributed by atoms with Crippen LogP contribution in [0.25, 0.3) is 0 Å². The molecule has 0 bridgehead atoms. The third kappa shape index (κ3) is 4.65. The molecule has 0 amide bonds. The van der Waals surface area contributed by atoms with Gasteiger partial charge in [0.15, 0.2) is 11.5 Å². The highest BCUT2D eigenvalue weighted by atomic mass is 16.7. The molecule has 0 atom stereocenters. The highest BCUT2D eigenvalue weighted by Crippen LogP contribution is 2.40. The fourth-order valence-electron chi connectivity index (χ4n) is 2.65. The second-order valence-electron chi connectivity index (χ2n) is 6.01. The summed E-state index contributed by atoms with van der Waals surface area (Å²) in [4.78, 5) is 11.0. The zero-order chi connectivity index (χ0) is 16.7. The third-order valence-electron chi connectivity index (χ3n) is 3.86. The van der Waals surface area contributed by atoms with E-state index < -0.39 is 6.16 Å². The quantitative estimate of drug-likeness (QED) is 0.508. The molecule has 0 aliphatic carbocycles. The topological polar surface area (TPSA) is 66.8 Å². The molecule has 124 valence electrons. The molecule has 0 aliphatic heterocycles. The first-order valence-corrected chi connectivity index (χ1v) is 8.20. The van der Waals surface area contributed by atoms with E-state index in [4.69, 9.17) is 9.84 Å². The van der Waals surface area contributed by atoms with Crippen LogP contribution in [0.4, 0.5) is 4.79 Å². The van der Waals surface area contributed by atoms with Crippen LogP contribution in [0.3, 0.4) is 0 Å². The highest BCUT2D eigenvalue weighted by molar-refractivity contribution is 5.66. The average Bonchev–Trinajstić information content (AvgIpc) is 2.45. The molecule has 2 N–H and O–H groups in total. The first-order chi connectivity index (χ1) is 10.4. The Kier molecular flexibility index (Phi) is 7.22. The van der Waals surface area contributed by atoms with Gasteiger partial charge in [-0.1, -0.05) is 46.6 Å². The van der Waals surface area contributed by atoms with Gasteiger partial charge in [0.25, 0.3) is 0 Å². The van der Waals surface area contributed by atoms with Crippen molar-refractivity contribution < 1.29 is 19.7 Å². The number of phenols is 1. The Morgan fingerprint density at radius 1 is 1.18 bits per heavy atom. The van der Waals surface area contributed by atoms with Crippen LogP contribution in [0.15, 0.2) is 6.07 Å². The van der Waals surface area contributed by atoms with Crippen LogP contribution in [0, 0.1) is 0 Å². The summed E-state index contributed by atoms with van der Waals surface area (Å²) >= 11 is 0. The maximum absolute atomic E-state index is 11.0. The Hall–Kier alpha value is -1.71. The van der Waals surface area contributed by atoms with Gasteiger partial charge in [-0.25, -0.2) is 4.79 Å². The lowest BCUT2D eigenvalue weighted by molar-refractivity contribution is 0.142. The van der Waals surface area contributed by atoms with Crippen molar-refractivity contribution >= 4 is 6.16 Å². The van der Waals surface area contributed by atoms with Crippen LogP contribution >= 0.6 is 0 Å². The molecule has 1 rings (SSSR count). The van der Waals surface area contributed by atoms with Crippen molar-refractivity contribution in [1.82, 2.24) is 0 Å². The summed E-state index contributed by atoms with van der Waals surface area (Å²) in [5.41, 5.74) is 2.70. The number of unbranched alkanes of at least 4 members (excludes halogenated alkanes) is 2. The molecule has 0 aromatic heterocycles. The van der Waals surface area contributed by atoms with E-state index in [2.05, 4.69) is 27.7 Å². The van der Waals surface area contributed by atoms with Gasteiger partial charge in [0.05, 0.1) is 0 Å². The van der Waals surface area contributed by atoms with Crippen LogP contribution < -0.4 is 4.74 Å². The molecule has 1 aromatic rings. The van der Waals surface area contributed by atoms with Gasteiger partial charge in [0.2, 0.25) is 0 Å². The van der Waals surface area contributed by atoms with Gasteiger partial charge in [0.1, 0.15) is 0 Å². The minimum Gasteiger partial charge on any atom is -0.504 e. The van der Waals surface area contributed by atoms with Crippen molar-refractivity contribution in [2.24, 2.45) is 0 Å². The largest absolute Gasteiger partial charge is 0.511 e. The van der Waals surface area contributed by atoms with Crippen molar-refractivity contribution in [3.05, 3.63) is 22.8 Å². The van der Waals surface area contributed by atoms with Crippen molar-refractivity contribution in [2.75, 3.05) is 0 Å². The molecule has 0 spiro atoms. The van der Waals surface area contributed by atoms with Gasteiger partial charge >= 0.3 is 6.16 Å². The summed E-state index contributed by atoms with van der Waals surface area (Å²) in [5.74, 6) is 0.404. The summed E-state index contributed by atoms with van der Waals surface area (Å²) in [5, 5.41) is 19.5. The molecule has 4 nitrogen and oxygen atoms in total. The maximum Gasteiger partial charge on any atom is 0.511 e. The van der Waals surface area contributed by atoms with E-state index in [1.54, 1.807) is 0 Å². The lowest BCUT2D eigenvalue weighted by atomic mass is 9.89. The molecule has 1 aromatic carbocycles. The van der Waals surface area contributed by atoms with Crippen molar-refractivity contribution in [2.45, 2.75) is 72.1 Å². The fraction of sp³-hybridized carbons (Fsp3) is 0.611. The number of ether oxygens (including phenoxy) is 1. The molecule has 22 heavy (non-hydrogen) atoms. The van der Waals surface area contributed by atoms with Gasteiger partial charge in [0, 0.05) is 5.56 Å². The van der Waals surface area contributed by atoms with E-state index in [0.29, 0.717) is 6.42 Å². The summed E-state index contributed by atoms with van der Waals surface area (Å²) in [6.45, 7) is 8.35. The summed E-state index contributed by atoms with van der Waals surface area (Å²) in [6.07, 6.45) is 3.97. The second-order valence-corrected chi connectivity index (χ2v) is 6.01. The fourth-order valence-corrected chi connectivity index (χ4v) is 2.65. The number of hydrogen-bond donors (Lipinski definition) is 2. The van der Waals surface area contributed by atoms with Gasteiger partial charge in [-0.05, 0) is 42.7 Å². The highest BCUT2D eigenvalue weighted by Gasteiger charge is 2.21. The number of rotatable bonds is 8. The van der Waals surface area contributed by atoms with E-state index in [9.17, 15) is 9.90 Å². The Balaban J connectivity index is 3.39. The predicted molar refractivity (Wildman–Crippen MR) is 88.1 cm³/mol. The Labute approximate surface area is 133 Å². The summed E-state index contributed by atoms with van der Waals surface area (Å²) in [7, 11) is 0. The number of carbonyl (C=O) groups is 1.